The Morgan fingerprint density at radius 2 is 1.79 bits per heavy atom. The summed E-state index contributed by atoms with van der Waals surface area (Å²) in [5.41, 5.74) is -0.463. The Balaban J connectivity index is 2.36. The monoisotopic (exact) mass is 459 g/mol. The number of hydrogen-bond acceptors (Lipinski definition) is 3. The van der Waals surface area contributed by atoms with Crippen molar-refractivity contribution in [1.82, 2.24) is 9.29 Å². The highest BCUT2D eigenvalue weighted by Gasteiger charge is 2.39. The number of carbonyl (C=O) groups is 1. The fraction of sp³-hybridized carbons (Fsp3) is 0.312. The van der Waals surface area contributed by atoms with Gasteiger partial charge in [0, 0.05) is 24.5 Å². The fourth-order valence-electron chi connectivity index (χ4n) is 2.35. The molecule has 1 heterocycles. The van der Waals surface area contributed by atoms with Gasteiger partial charge in [0.25, 0.3) is 5.91 Å². The summed E-state index contributed by atoms with van der Waals surface area (Å²) in [5.74, 6) is -3.54. The first kappa shape index (κ1) is 23.1. The molecular weight excluding hydrogens is 445 g/mol. The van der Waals surface area contributed by atoms with Gasteiger partial charge in [-0.15, -0.1) is 0 Å². The number of alkyl halides is 3. The van der Waals surface area contributed by atoms with E-state index in [2.05, 4.69) is 5.32 Å². The molecule has 6 nitrogen and oxygen atoms in total. The van der Waals surface area contributed by atoms with Crippen LogP contribution in [-0.4, -0.2) is 31.1 Å². The zero-order valence-electron chi connectivity index (χ0n) is 15.2. The molecule has 0 fully saturated rings. The molecule has 0 bridgehead atoms. The highest BCUT2D eigenvalue weighted by molar-refractivity contribution is 7.89. The Bertz CT molecular complexity index is 1040. The Morgan fingerprint density at radius 1 is 1.21 bits per heavy atom. The normalized spacial score (nSPS) is 13.4. The number of hydrogen-bond donors (Lipinski definition) is 2. The van der Waals surface area contributed by atoms with Crippen molar-refractivity contribution >= 4 is 33.2 Å². The molecule has 0 aliphatic heterocycles. The van der Waals surface area contributed by atoms with Crippen molar-refractivity contribution in [3.63, 3.8) is 0 Å². The first-order valence-corrected chi connectivity index (χ1v) is 9.72. The van der Waals surface area contributed by atoms with Crippen LogP contribution in [0.1, 0.15) is 23.1 Å². The Kier molecular flexibility index (Phi) is 6.31. The van der Waals surface area contributed by atoms with Crippen molar-refractivity contribution in [3.8, 4) is 0 Å². The van der Waals surface area contributed by atoms with Gasteiger partial charge in [0.05, 0.1) is 5.02 Å². The quantitative estimate of drug-likeness (QED) is 0.528. The van der Waals surface area contributed by atoms with Gasteiger partial charge in [0.15, 0.2) is 11.6 Å². The van der Waals surface area contributed by atoms with Crippen molar-refractivity contribution in [3.05, 3.63) is 46.2 Å². The number of amides is 1. The summed E-state index contributed by atoms with van der Waals surface area (Å²) < 4.78 is 92.0. The number of halogens is 6. The van der Waals surface area contributed by atoms with E-state index in [9.17, 15) is 35.2 Å². The molecule has 2 aromatic rings. The average Bonchev–Trinajstić information content (AvgIpc) is 2.87. The first-order valence-electron chi connectivity index (χ1n) is 7.86. The maximum atomic E-state index is 13.4. The van der Waals surface area contributed by atoms with Gasteiger partial charge < -0.3 is 9.88 Å². The molecule has 160 valence electrons. The van der Waals surface area contributed by atoms with E-state index in [4.69, 9.17) is 11.6 Å². The van der Waals surface area contributed by atoms with Gasteiger partial charge in [-0.2, -0.15) is 17.9 Å². The Labute approximate surface area is 167 Å². The molecule has 13 heteroatoms. The van der Waals surface area contributed by atoms with Gasteiger partial charge in [0.1, 0.15) is 16.6 Å². The standard InChI is InChI=1S/C16H15ClF5N3O3S/c1-7-13(29(27,28)24-8(2)16(20,21)22)6-12(25(7)3)15(26)23-9-4-10(17)14(19)11(18)5-9/h4-6,8,24H,1-3H3,(H,23,26)/t8-/m1/s1. The van der Waals surface area contributed by atoms with E-state index in [1.165, 1.54) is 18.7 Å². The maximum Gasteiger partial charge on any atom is 0.404 e. The van der Waals surface area contributed by atoms with E-state index in [0.29, 0.717) is 13.0 Å². The van der Waals surface area contributed by atoms with Crippen LogP contribution in [0.2, 0.25) is 5.02 Å². The van der Waals surface area contributed by atoms with Gasteiger partial charge in [-0.1, -0.05) is 11.6 Å². The second-order valence-electron chi connectivity index (χ2n) is 6.13. The third-order valence-corrected chi connectivity index (χ3v) is 6.01. The van der Waals surface area contributed by atoms with Crippen LogP contribution >= 0.6 is 11.6 Å². The molecule has 0 saturated carbocycles. The van der Waals surface area contributed by atoms with Crippen molar-refractivity contribution < 1.29 is 35.2 Å². The van der Waals surface area contributed by atoms with Gasteiger partial charge >= 0.3 is 6.18 Å². The molecule has 0 radical (unpaired) electrons. The van der Waals surface area contributed by atoms with Crippen molar-refractivity contribution in [2.75, 3.05) is 5.32 Å². The number of nitrogens with zero attached hydrogens (tertiary/aromatic N) is 1. The number of rotatable bonds is 5. The van der Waals surface area contributed by atoms with Crippen LogP contribution in [-0.2, 0) is 17.1 Å². The highest BCUT2D eigenvalue weighted by Crippen LogP contribution is 2.26. The van der Waals surface area contributed by atoms with Gasteiger partial charge in [-0.05, 0) is 26.0 Å². The SMILES string of the molecule is Cc1c(S(=O)(=O)N[C@H](C)C(F)(F)F)cc(C(=O)Nc2cc(F)c(F)c(Cl)c2)n1C. The van der Waals surface area contributed by atoms with E-state index < -0.39 is 49.7 Å². The minimum absolute atomic E-state index is 0.0136. The lowest BCUT2D eigenvalue weighted by Gasteiger charge is -2.17. The number of benzene rings is 1. The summed E-state index contributed by atoms with van der Waals surface area (Å²) in [6.45, 7) is 1.92. The zero-order valence-corrected chi connectivity index (χ0v) is 16.7. The van der Waals surface area contributed by atoms with Gasteiger partial charge in [-0.3, -0.25) is 4.79 Å². The van der Waals surface area contributed by atoms with Crippen LogP contribution in [0.25, 0.3) is 0 Å². The molecule has 1 aromatic carbocycles. The molecule has 1 amide bonds. The number of sulfonamides is 1. The largest absolute Gasteiger partial charge is 0.404 e. The molecule has 2 N–H and O–H groups in total. The Hall–Kier alpha value is -2.18. The van der Waals surface area contributed by atoms with E-state index >= 15 is 0 Å². The van der Waals surface area contributed by atoms with Crippen molar-refractivity contribution in [2.24, 2.45) is 7.05 Å². The summed E-state index contributed by atoms with van der Waals surface area (Å²) in [4.78, 5) is 11.9. The first-order chi connectivity index (χ1) is 13.1. The van der Waals surface area contributed by atoms with E-state index in [0.717, 1.165) is 16.7 Å². The van der Waals surface area contributed by atoms with Crippen LogP contribution in [0.4, 0.5) is 27.6 Å². The summed E-state index contributed by atoms with van der Waals surface area (Å²) in [5, 5.41) is 1.63. The van der Waals surface area contributed by atoms with E-state index in [-0.39, 0.29) is 17.1 Å². The molecule has 0 spiro atoms. The number of nitrogens with one attached hydrogen (secondary N) is 2. The smallest absolute Gasteiger partial charge is 0.343 e. The van der Waals surface area contributed by atoms with Crippen LogP contribution in [0, 0.1) is 18.6 Å². The van der Waals surface area contributed by atoms with Crippen molar-refractivity contribution in [1.29, 1.82) is 0 Å². The molecular formula is C16H15ClF5N3O3S. The summed E-state index contributed by atoms with van der Waals surface area (Å²) in [7, 11) is -3.29. The van der Waals surface area contributed by atoms with Crippen LogP contribution in [0.3, 0.4) is 0 Å². The third kappa shape index (κ3) is 4.87. The van der Waals surface area contributed by atoms with Crippen LogP contribution in [0.15, 0.2) is 23.1 Å². The minimum atomic E-state index is -4.80. The number of aromatic nitrogens is 1. The lowest BCUT2D eigenvalue weighted by atomic mass is 10.3. The van der Waals surface area contributed by atoms with Crippen LogP contribution in [0.5, 0.6) is 0 Å². The topological polar surface area (TPSA) is 80.2 Å². The Morgan fingerprint density at radius 3 is 2.31 bits per heavy atom. The lowest BCUT2D eigenvalue weighted by molar-refractivity contribution is -0.147. The fourth-order valence-corrected chi connectivity index (χ4v) is 4.07. The third-order valence-electron chi connectivity index (χ3n) is 4.08. The summed E-state index contributed by atoms with van der Waals surface area (Å²) in [6.07, 6.45) is -4.80. The predicted octanol–water partition coefficient (Wildman–Crippen LogP) is 3.75. The molecule has 2 rings (SSSR count). The molecule has 0 aliphatic carbocycles. The average molecular weight is 460 g/mol. The second kappa shape index (κ2) is 7.92. The zero-order chi connectivity index (χ0) is 22.3. The molecule has 29 heavy (non-hydrogen) atoms. The predicted molar refractivity (Wildman–Crippen MR) is 95.3 cm³/mol. The van der Waals surface area contributed by atoms with E-state index in [1.807, 2.05) is 0 Å². The van der Waals surface area contributed by atoms with Gasteiger partial charge in [0.2, 0.25) is 10.0 Å². The summed E-state index contributed by atoms with van der Waals surface area (Å²) in [6, 6.07) is 0.128. The van der Waals surface area contributed by atoms with Crippen molar-refractivity contribution in [2.45, 2.75) is 31.0 Å². The molecule has 0 aliphatic rings. The van der Waals surface area contributed by atoms with Crippen LogP contribution < -0.4 is 10.0 Å². The summed E-state index contributed by atoms with van der Waals surface area (Å²) >= 11 is 5.50. The lowest BCUT2D eigenvalue weighted by Crippen LogP contribution is -2.43. The minimum Gasteiger partial charge on any atom is -0.343 e. The highest BCUT2D eigenvalue weighted by atomic mass is 35.5. The number of carbonyl (C=O) groups excluding carboxylic acids is 1. The number of anilines is 1. The second-order valence-corrected chi connectivity index (χ2v) is 8.22. The molecule has 0 saturated heterocycles. The molecule has 1 atom stereocenters. The molecule has 0 unspecified atom stereocenters. The van der Waals surface area contributed by atoms with Gasteiger partial charge in [-0.25, -0.2) is 17.2 Å². The molecule has 1 aromatic heterocycles. The van der Waals surface area contributed by atoms with E-state index in [1.54, 1.807) is 0 Å². The maximum absolute atomic E-state index is 13.4.